The summed E-state index contributed by atoms with van der Waals surface area (Å²) in [6, 6.07) is 0. The van der Waals surface area contributed by atoms with Gasteiger partial charge in [-0.1, -0.05) is 52.7 Å². The van der Waals surface area contributed by atoms with Gasteiger partial charge in [0, 0.05) is 16.3 Å². The Kier molecular flexibility index (Phi) is 7.41. The van der Waals surface area contributed by atoms with Gasteiger partial charge < -0.3 is 0 Å². The van der Waals surface area contributed by atoms with Crippen LogP contribution in [0.2, 0.25) is 0 Å². The van der Waals surface area contributed by atoms with Gasteiger partial charge in [0.25, 0.3) is 0 Å². The molecule has 0 N–H and O–H groups in total. The Balaban J connectivity index is 2.67. The van der Waals surface area contributed by atoms with Crippen molar-refractivity contribution in [3.8, 4) is 0 Å². The Labute approximate surface area is 170 Å². The summed E-state index contributed by atoms with van der Waals surface area (Å²) < 4.78 is 1.98. The van der Waals surface area contributed by atoms with Crippen molar-refractivity contribution in [1.29, 1.82) is 0 Å². The normalized spacial score (nSPS) is 17.0. The number of likely N-dealkylation sites (N-methyl/N-ethyl adjacent to an activating group) is 1. The van der Waals surface area contributed by atoms with Crippen molar-refractivity contribution < 1.29 is 0 Å². The molecule has 1 aliphatic carbocycles. The summed E-state index contributed by atoms with van der Waals surface area (Å²) in [5.74, 6) is 0. The first-order valence-corrected chi connectivity index (χ1v) is 10.9. The maximum atomic E-state index is 4.52. The lowest BCUT2D eigenvalue weighted by atomic mass is 9.75. The highest BCUT2D eigenvalue weighted by atomic mass is 32.1. The van der Waals surface area contributed by atoms with E-state index in [0.29, 0.717) is 5.41 Å². The van der Waals surface area contributed by atoms with Crippen LogP contribution in [-0.2, 0) is 12.8 Å². The third-order valence-electron chi connectivity index (χ3n) is 5.21. The minimum absolute atomic E-state index is 0.388. The van der Waals surface area contributed by atoms with Crippen LogP contribution >= 0.6 is 24.2 Å². The Morgan fingerprint density at radius 3 is 2.62 bits per heavy atom. The number of hydrogen-bond acceptors (Lipinski definition) is 3. The van der Waals surface area contributed by atoms with Gasteiger partial charge in [-0.3, -0.25) is 4.31 Å². The maximum Gasteiger partial charge on any atom is 0.0383 e. The van der Waals surface area contributed by atoms with E-state index in [2.05, 4.69) is 53.7 Å². The van der Waals surface area contributed by atoms with Gasteiger partial charge in [-0.25, -0.2) is 0 Å². The lowest BCUT2D eigenvalue weighted by Gasteiger charge is -2.30. The highest BCUT2D eigenvalue weighted by Gasteiger charge is 2.31. The summed E-state index contributed by atoms with van der Waals surface area (Å²) in [7, 11) is 2.03. The number of allylic oxidation sites excluding steroid dienone is 3. The molecule has 0 fully saturated rings. The van der Waals surface area contributed by atoms with Crippen LogP contribution in [0, 0.1) is 5.41 Å². The average molecular weight is 390 g/mol. The second kappa shape index (κ2) is 8.95. The van der Waals surface area contributed by atoms with Crippen molar-refractivity contribution in [3.05, 3.63) is 45.7 Å². The molecule has 3 heteroatoms. The van der Waals surface area contributed by atoms with Gasteiger partial charge in [0.05, 0.1) is 0 Å². The molecule has 0 aromatic carbocycles. The third kappa shape index (κ3) is 4.94. The number of thiophene rings is 1. The number of hydrogen-bond donors (Lipinski definition) is 1. The predicted octanol–water partition coefficient (Wildman–Crippen LogP) is 7.20. The summed E-state index contributed by atoms with van der Waals surface area (Å²) in [6.07, 6.45) is 8.86. The lowest BCUT2D eigenvalue weighted by molar-refractivity contribution is 0.317. The Morgan fingerprint density at radius 2 is 2.08 bits per heavy atom. The second-order valence-electron chi connectivity index (χ2n) is 8.47. The number of aryl methyl sites for hydroxylation is 1. The largest absolute Gasteiger partial charge is 0.252 e. The van der Waals surface area contributed by atoms with Crippen LogP contribution in [0.25, 0.3) is 11.1 Å². The quantitative estimate of drug-likeness (QED) is 0.363. The van der Waals surface area contributed by atoms with Gasteiger partial charge in [0.1, 0.15) is 0 Å². The molecule has 0 aliphatic heterocycles. The van der Waals surface area contributed by atoms with Gasteiger partial charge in [0.15, 0.2) is 0 Å². The molecule has 0 bridgehead atoms. The van der Waals surface area contributed by atoms with E-state index >= 15 is 0 Å². The summed E-state index contributed by atoms with van der Waals surface area (Å²) in [5, 5.41) is 0. The van der Waals surface area contributed by atoms with Crippen molar-refractivity contribution in [2.45, 2.75) is 66.2 Å². The van der Waals surface area contributed by atoms with Crippen LogP contribution in [0.4, 0.5) is 0 Å². The summed E-state index contributed by atoms with van der Waals surface area (Å²) in [5.41, 5.74) is 7.55. The minimum atomic E-state index is 0.388. The molecular weight excluding hydrogens is 354 g/mol. The number of thiol groups is 1. The summed E-state index contributed by atoms with van der Waals surface area (Å²) in [4.78, 5) is 3.05. The van der Waals surface area contributed by atoms with E-state index in [9.17, 15) is 0 Å². The summed E-state index contributed by atoms with van der Waals surface area (Å²) in [6.45, 7) is 18.5. The van der Waals surface area contributed by atoms with Gasteiger partial charge in [-0.15, -0.1) is 17.9 Å². The maximum absolute atomic E-state index is 4.52. The molecule has 0 saturated heterocycles. The fraction of sp³-hybridized carbons (Fsp3) is 0.565. The van der Waals surface area contributed by atoms with E-state index < -0.39 is 0 Å². The highest BCUT2D eigenvalue weighted by Crippen LogP contribution is 2.47. The van der Waals surface area contributed by atoms with E-state index in [4.69, 9.17) is 0 Å². The average Bonchev–Trinajstić information content (AvgIpc) is 2.88. The topological polar surface area (TPSA) is 3.24 Å². The molecule has 0 unspecified atom stereocenters. The van der Waals surface area contributed by atoms with Crippen molar-refractivity contribution in [1.82, 2.24) is 4.31 Å². The van der Waals surface area contributed by atoms with Crippen molar-refractivity contribution in [3.63, 3.8) is 0 Å². The molecule has 1 aromatic rings. The smallest absolute Gasteiger partial charge is 0.0383 e. The van der Waals surface area contributed by atoms with Crippen LogP contribution in [0.15, 0.2) is 24.8 Å². The number of rotatable bonds is 8. The van der Waals surface area contributed by atoms with E-state index in [1.54, 1.807) is 10.4 Å². The Bertz CT molecular complexity index is 704. The van der Waals surface area contributed by atoms with Gasteiger partial charge >= 0.3 is 0 Å². The fourth-order valence-electron chi connectivity index (χ4n) is 4.02. The van der Waals surface area contributed by atoms with Crippen LogP contribution < -0.4 is 0 Å². The second-order valence-corrected chi connectivity index (χ2v) is 10.3. The standard InChI is InChI=1S/C23H35NS2/c1-8-10-17(15-24(7)25)18(11-9-2)22-21(16(3)4)19-14-23(5,6)13-12-20(19)26-22/h8,25H,1,3,9-15H2,2,4-7H3/b18-17-. The molecule has 144 valence electrons. The first-order valence-electron chi connectivity index (χ1n) is 9.72. The molecule has 0 atom stereocenters. The van der Waals surface area contributed by atoms with Gasteiger partial charge in [0.2, 0.25) is 0 Å². The molecule has 1 nitrogen and oxygen atoms in total. The molecule has 1 heterocycles. The highest BCUT2D eigenvalue weighted by molar-refractivity contribution is 7.77. The first-order chi connectivity index (χ1) is 12.2. The van der Waals surface area contributed by atoms with Crippen LogP contribution in [0.3, 0.4) is 0 Å². The van der Waals surface area contributed by atoms with Crippen LogP contribution in [-0.4, -0.2) is 17.9 Å². The number of nitrogens with zero attached hydrogens (tertiary/aromatic N) is 1. The Hall–Kier alpha value is -0.770. The van der Waals surface area contributed by atoms with Crippen molar-refractivity contribution in [2.24, 2.45) is 5.41 Å². The molecule has 2 rings (SSSR count). The predicted molar refractivity (Wildman–Crippen MR) is 123 cm³/mol. The van der Waals surface area contributed by atoms with Crippen molar-refractivity contribution >= 4 is 35.3 Å². The molecule has 1 aliphatic rings. The minimum Gasteiger partial charge on any atom is -0.252 e. The van der Waals surface area contributed by atoms with Gasteiger partial charge in [-0.05, 0) is 79.3 Å². The zero-order chi connectivity index (χ0) is 19.5. The third-order valence-corrected chi connectivity index (χ3v) is 6.71. The summed E-state index contributed by atoms with van der Waals surface area (Å²) >= 11 is 6.54. The molecule has 0 spiro atoms. The lowest BCUT2D eigenvalue weighted by Crippen LogP contribution is -2.21. The molecule has 0 saturated carbocycles. The first kappa shape index (κ1) is 21.5. The molecule has 1 aromatic heterocycles. The Morgan fingerprint density at radius 1 is 1.38 bits per heavy atom. The monoisotopic (exact) mass is 389 g/mol. The van der Waals surface area contributed by atoms with E-state index in [1.807, 2.05) is 28.8 Å². The van der Waals surface area contributed by atoms with E-state index in [1.165, 1.54) is 46.4 Å². The van der Waals surface area contributed by atoms with Crippen LogP contribution in [0.1, 0.15) is 74.3 Å². The van der Waals surface area contributed by atoms with E-state index in [0.717, 1.165) is 25.8 Å². The van der Waals surface area contributed by atoms with Gasteiger partial charge in [-0.2, -0.15) is 0 Å². The number of fused-ring (bicyclic) bond motifs is 1. The molecule has 0 radical (unpaired) electrons. The molecule has 26 heavy (non-hydrogen) atoms. The van der Waals surface area contributed by atoms with E-state index in [-0.39, 0.29) is 0 Å². The van der Waals surface area contributed by atoms with Crippen LogP contribution in [0.5, 0.6) is 0 Å². The zero-order valence-electron chi connectivity index (χ0n) is 17.2. The van der Waals surface area contributed by atoms with Crippen molar-refractivity contribution in [2.75, 3.05) is 13.6 Å². The molecular formula is C23H35NS2. The zero-order valence-corrected chi connectivity index (χ0v) is 19.0. The fourth-order valence-corrected chi connectivity index (χ4v) is 5.71. The molecule has 0 amide bonds. The SMILES string of the molecule is C=CC/C(CN(C)S)=C(\CCC)c1sc2c(c1C(=C)C)CC(C)(C)CC2.